The molecular formula is C15H14BrClOS. The average molecular weight is 358 g/mol. The second-order valence-electron chi connectivity index (χ2n) is 4.79. The van der Waals surface area contributed by atoms with Gasteiger partial charge in [-0.15, -0.1) is 22.9 Å². The quantitative estimate of drug-likeness (QED) is 0.647. The number of ether oxygens (including phenoxy) is 1. The average Bonchev–Trinajstić information content (AvgIpc) is 2.77. The van der Waals surface area contributed by atoms with E-state index in [2.05, 4.69) is 47.1 Å². The summed E-state index contributed by atoms with van der Waals surface area (Å²) >= 11 is 11.9. The highest BCUT2D eigenvalue weighted by molar-refractivity contribution is 9.11. The van der Waals surface area contributed by atoms with E-state index in [1.54, 1.807) is 11.3 Å². The highest BCUT2D eigenvalue weighted by atomic mass is 79.9. The molecule has 4 heteroatoms. The molecule has 0 N–H and O–H groups in total. The Morgan fingerprint density at radius 3 is 2.95 bits per heavy atom. The molecule has 1 nitrogen and oxygen atoms in total. The van der Waals surface area contributed by atoms with Gasteiger partial charge in [0.2, 0.25) is 0 Å². The van der Waals surface area contributed by atoms with E-state index in [9.17, 15) is 0 Å². The summed E-state index contributed by atoms with van der Waals surface area (Å²) in [4.78, 5) is 1.18. The lowest BCUT2D eigenvalue weighted by molar-refractivity contribution is 0.288. The molecule has 1 aromatic heterocycles. The van der Waals surface area contributed by atoms with Crippen LogP contribution in [0.2, 0.25) is 0 Å². The summed E-state index contributed by atoms with van der Waals surface area (Å²) in [5.41, 5.74) is 3.67. The molecule has 1 aromatic carbocycles. The third-order valence-electron chi connectivity index (χ3n) is 3.35. The number of aryl methyl sites for hydroxylation is 2. The van der Waals surface area contributed by atoms with Crippen LogP contribution in [0.15, 0.2) is 28.1 Å². The molecule has 1 atom stereocenters. The SMILES string of the molecule is Cc1cc(C(Cl)c2ccc3c(c2)CCCO3)sc1Br. The molecule has 0 saturated heterocycles. The van der Waals surface area contributed by atoms with Gasteiger partial charge in [-0.2, -0.15) is 0 Å². The standard InChI is InChI=1S/C15H14BrClOS/c1-9-7-13(19-15(9)16)14(17)11-4-5-12-10(8-11)3-2-6-18-12/h4-5,7-8,14H,2-3,6H2,1H3. The van der Waals surface area contributed by atoms with E-state index >= 15 is 0 Å². The van der Waals surface area contributed by atoms with Gasteiger partial charge >= 0.3 is 0 Å². The molecule has 2 heterocycles. The molecule has 0 saturated carbocycles. The van der Waals surface area contributed by atoms with Crippen LogP contribution in [0.25, 0.3) is 0 Å². The van der Waals surface area contributed by atoms with Crippen molar-refractivity contribution < 1.29 is 4.74 Å². The summed E-state index contributed by atoms with van der Waals surface area (Å²) in [6.07, 6.45) is 2.17. The van der Waals surface area contributed by atoms with E-state index in [-0.39, 0.29) is 5.38 Å². The molecule has 0 aliphatic carbocycles. The van der Waals surface area contributed by atoms with Gasteiger partial charge in [0, 0.05) is 4.88 Å². The topological polar surface area (TPSA) is 9.23 Å². The van der Waals surface area contributed by atoms with E-state index in [1.807, 2.05) is 0 Å². The Kier molecular flexibility index (Phi) is 3.88. The van der Waals surface area contributed by atoms with Crippen LogP contribution < -0.4 is 4.74 Å². The Balaban J connectivity index is 1.93. The van der Waals surface area contributed by atoms with Crippen LogP contribution in [0.3, 0.4) is 0 Å². The molecule has 2 aromatic rings. The Morgan fingerprint density at radius 2 is 2.21 bits per heavy atom. The van der Waals surface area contributed by atoms with Gasteiger partial charge in [-0.1, -0.05) is 12.1 Å². The second-order valence-corrected chi connectivity index (χ2v) is 7.63. The number of thiophene rings is 1. The maximum Gasteiger partial charge on any atom is 0.122 e. The minimum absolute atomic E-state index is 0.0813. The van der Waals surface area contributed by atoms with E-state index in [1.165, 1.54) is 16.0 Å². The minimum atomic E-state index is -0.0813. The normalized spacial score (nSPS) is 15.7. The molecule has 100 valence electrons. The Morgan fingerprint density at radius 1 is 1.37 bits per heavy atom. The molecule has 3 rings (SSSR count). The number of benzene rings is 1. The maximum atomic E-state index is 6.61. The summed E-state index contributed by atoms with van der Waals surface area (Å²) < 4.78 is 6.80. The lowest BCUT2D eigenvalue weighted by atomic mass is 10.0. The van der Waals surface area contributed by atoms with Crippen LogP contribution in [-0.4, -0.2) is 6.61 Å². The molecule has 1 aliphatic heterocycles. The first kappa shape index (κ1) is 13.5. The molecule has 0 radical (unpaired) electrons. The number of alkyl halides is 1. The van der Waals surface area contributed by atoms with E-state index in [0.29, 0.717) is 0 Å². The molecule has 1 unspecified atom stereocenters. The van der Waals surface area contributed by atoms with E-state index < -0.39 is 0 Å². The summed E-state index contributed by atoms with van der Waals surface area (Å²) in [6.45, 7) is 2.92. The number of fused-ring (bicyclic) bond motifs is 1. The smallest absolute Gasteiger partial charge is 0.122 e. The van der Waals surface area contributed by atoms with Crippen LogP contribution in [0.1, 0.15) is 33.4 Å². The van der Waals surface area contributed by atoms with Crippen LogP contribution >= 0.6 is 38.9 Å². The van der Waals surface area contributed by atoms with Crippen molar-refractivity contribution in [2.45, 2.75) is 25.1 Å². The van der Waals surface area contributed by atoms with Crippen molar-refractivity contribution in [2.75, 3.05) is 6.61 Å². The van der Waals surface area contributed by atoms with Gasteiger partial charge < -0.3 is 4.74 Å². The van der Waals surface area contributed by atoms with Crippen molar-refractivity contribution in [3.63, 3.8) is 0 Å². The highest BCUT2D eigenvalue weighted by Gasteiger charge is 2.18. The molecular weight excluding hydrogens is 344 g/mol. The lowest BCUT2D eigenvalue weighted by Crippen LogP contribution is -2.08. The second kappa shape index (κ2) is 5.47. The number of hydrogen-bond acceptors (Lipinski definition) is 2. The van der Waals surface area contributed by atoms with Crippen LogP contribution in [0.4, 0.5) is 0 Å². The third kappa shape index (κ3) is 2.69. The number of hydrogen-bond donors (Lipinski definition) is 0. The van der Waals surface area contributed by atoms with Crippen molar-refractivity contribution in [3.05, 3.63) is 49.6 Å². The van der Waals surface area contributed by atoms with Crippen LogP contribution in [0, 0.1) is 6.92 Å². The van der Waals surface area contributed by atoms with Gasteiger partial charge in [0.25, 0.3) is 0 Å². The van der Waals surface area contributed by atoms with E-state index in [0.717, 1.165) is 34.5 Å². The van der Waals surface area contributed by atoms with Gasteiger partial charge in [0.15, 0.2) is 0 Å². The Labute approximate surface area is 130 Å². The van der Waals surface area contributed by atoms with Crippen molar-refractivity contribution in [2.24, 2.45) is 0 Å². The first-order chi connectivity index (χ1) is 9.15. The lowest BCUT2D eigenvalue weighted by Gasteiger charge is -2.19. The molecule has 19 heavy (non-hydrogen) atoms. The summed E-state index contributed by atoms with van der Waals surface area (Å²) in [5, 5.41) is -0.0813. The fourth-order valence-corrected chi connectivity index (χ4v) is 4.22. The van der Waals surface area contributed by atoms with Gasteiger partial charge in [0.05, 0.1) is 15.8 Å². The first-order valence-corrected chi connectivity index (χ1v) is 8.35. The zero-order chi connectivity index (χ0) is 13.4. The maximum absolute atomic E-state index is 6.61. The zero-order valence-corrected chi connectivity index (χ0v) is 13.7. The number of rotatable bonds is 2. The Hall–Kier alpha value is -0.510. The molecule has 0 spiro atoms. The third-order valence-corrected chi connectivity index (χ3v) is 6.17. The predicted octanol–water partition coefficient (Wildman–Crippen LogP) is 5.47. The fraction of sp³-hybridized carbons (Fsp3) is 0.333. The molecule has 0 bridgehead atoms. The largest absolute Gasteiger partial charge is 0.493 e. The summed E-state index contributed by atoms with van der Waals surface area (Å²) in [5.74, 6) is 1.02. The molecule has 0 fully saturated rings. The Bertz CT molecular complexity index is 589. The van der Waals surface area contributed by atoms with Crippen molar-refractivity contribution in [1.29, 1.82) is 0 Å². The van der Waals surface area contributed by atoms with Gasteiger partial charge in [-0.25, -0.2) is 0 Å². The minimum Gasteiger partial charge on any atom is -0.493 e. The van der Waals surface area contributed by atoms with Gasteiger partial charge in [-0.05, 0) is 64.5 Å². The highest BCUT2D eigenvalue weighted by Crippen LogP contribution is 2.39. The predicted molar refractivity (Wildman–Crippen MR) is 84.7 cm³/mol. The van der Waals surface area contributed by atoms with Crippen molar-refractivity contribution >= 4 is 38.9 Å². The van der Waals surface area contributed by atoms with Gasteiger partial charge in [0.1, 0.15) is 5.75 Å². The number of halogens is 2. The fourth-order valence-electron chi connectivity index (χ4n) is 2.31. The van der Waals surface area contributed by atoms with Crippen molar-refractivity contribution in [3.8, 4) is 5.75 Å². The van der Waals surface area contributed by atoms with Crippen LogP contribution in [0.5, 0.6) is 5.75 Å². The van der Waals surface area contributed by atoms with Crippen molar-refractivity contribution in [1.82, 2.24) is 0 Å². The van der Waals surface area contributed by atoms with Crippen LogP contribution in [-0.2, 0) is 6.42 Å². The zero-order valence-electron chi connectivity index (χ0n) is 10.6. The first-order valence-electron chi connectivity index (χ1n) is 6.30. The van der Waals surface area contributed by atoms with Gasteiger partial charge in [-0.3, -0.25) is 0 Å². The molecule has 0 amide bonds. The summed E-state index contributed by atoms with van der Waals surface area (Å²) in [7, 11) is 0. The summed E-state index contributed by atoms with van der Waals surface area (Å²) in [6, 6.07) is 8.47. The van der Waals surface area contributed by atoms with E-state index in [4.69, 9.17) is 16.3 Å². The monoisotopic (exact) mass is 356 g/mol. The molecule has 1 aliphatic rings.